The third kappa shape index (κ3) is 2.86. The second kappa shape index (κ2) is 5.41. The van der Waals surface area contributed by atoms with Crippen LogP contribution in [0.3, 0.4) is 0 Å². The van der Waals surface area contributed by atoms with Crippen LogP contribution in [0.15, 0.2) is 36.4 Å². The lowest BCUT2D eigenvalue weighted by atomic mass is 10.2. The molecule has 0 aliphatic rings. The van der Waals surface area contributed by atoms with Crippen molar-refractivity contribution in [2.24, 2.45) is 0 Å². The zero-order valence-corrected chi connectivity index (χ0v) is 10.4. The number of hydrogen-bond donors (Lipinski definition) is 1. The molecule has 0 saturated heterocycles. The molecule has 2 N–H and O–H groups in total. The quantitative estimate of drug-likeness (QED) is 0.525. The van der Waals surface area contributed by atoms with Gasteiger partial charge in [-0.1, -0.05) is 6.07 Å². The molecule has 0 unspecified atom stereocenters. The molecule has 0 amide bonds. The van der Waals surface area contributed by atoms with Crippen LogP contribution in [0.5, 0.6) is 11.5 Å². The van der Waals surface area contributed by atoms with E-state index in [1.165, 1.54) is 18.2 Å². The number of nitro groups is 2. The largest absolute Gasteiger partial charge is 0.443 e. The predicted molar refractivity (Wildman–Crippen MR) is 70.6 cm³/mol. The van der Waals surface area contributed by atoms with Gasteiger partial charge < -0.3 is 10.5 Å². The highest BCUT2D eigenvalue weighted by Gasteiger charge is 2.23. The highest BCUT2D eigenvalue weighted by Crippen LogP contribution is 2.38. The zero-order valence-electron chi connectivity index (χ0n) is 10.4. The first-order valence-corrected chi connectivity index (χ1v) is 5.55. The maximum absolute atomic E-state index is 13.0. The van der Waals surface area contributed by atoms with Crippen LogP contribution in [0, 0.1) is 26.0 Å². The Morgan fingerprint density at radius 2 is 1.76 bits per heavy atom. The molecule has 0 fully saturated rings. The van der Waals surface area contributed by atoms with Gasteiger partial charge in [0.2, 0.25) is 11.5 Å². The van der Waals surface area contributed by atoms with E-state index in [4.69, 9.17) is 10.5 Å². The molecule has 21 heavy (non-hydrogen) atoms. The number of nitrogen functional groups attached to an aromatic ring is 1. The molecule has 0 aromatic heterocycles. The van der Waals surface area contributed by atoms with E-state index in [9.17, 15) is 24.6 Å². The molecule has 2 aromatic rings. The second-order valence-corrected chi connectivity index (χ2v) is 3.92. The molecule has 2 aromatic carbocycles. The monoisotopic (exact) mass is 293 g/mol. The molecule has 8 nitrogen and oxygen atoms in total. The number of ether oxygens (including phenoxy) is 1. The van der Waals surface area contributed by atoms with Crippen molar-refractivity contribution in [3.8, 4) is 11.5 Å². The van der Waals surface area contributed by atoms with Gasteiger partial charge in [0.05, 0.1) is 15.9 Å². The standard InChI is InChI=1S/C12H8FN3O5/c13-7-4-5-10(9(6-7)15(17)18)21-11-3-1-2-8(14)12(11)16(19)20/h1-6H,14H2. The third-order valence-corrected chi connectivity index (χ3v) is 2.55. The lowest BCUT2D eigenvalue weighted by Gasteiger charge is -2.08. The molecule has 2 rings (SSSR count). The number of anilines is 1. The Labute approximate surface area is 116 Å². The van der Waals surface area contributed by atoms with E-state index < -0.39 is 27.0 Å². The molecule has 0 spiro atoms. The van der Waals surface area contributed by atoms with Crippen LogP contribution in [0.1, 0.15) is 0 Å². The van der Waals surface area contributed by atoms with Gasteiger partial charge in [-0.05, 0) is 24.3 Å². The van der Waals surface area contributed by atoms with Crippen LogP contribution in [0.25, 0.3) is 0 Å². The number of nitrogens with two attached hydrogens (primary N) is 1. The molecule has 108 valence electrons. The predicted octanol–water partition coefficient (Wildman–Crippen LogP) is 3.02. The van der Waals surface area contributed by atoms with E-state index in [0.29, 0.717) is 6.07 Å². The minimum atomic E-state index is -0.851. The Kier molecular flexibility index (Phi) is 3.65. The summed E-state index contributed by atoms with van der Waals surface area (Å²) >= 11 is 0. The van der Waals surface area contributed by atoms with Crippen LogP contribution in [0.4, 0.5) is 21.5 Å². The van der Waals surface area contributed by atoms with E-state index in [-0.39, 0.29) is 17.2 Å². The second-order valence-electron chi connectivity index (χ2n) is 3.92. The lowest BCUT2D eigenvalue weighted by Crippen LogP contribution is -2.00. The summed E-state index contributed by atoms with van der Waals surface area (Å²) in [6, 6.07) is 6.55. The van der Waals surface area contributed by atoms with Gasteiger partial charge in [0, 0.05) is 0 Å². The van der Waals surface area contributed by atoms with E-state index >= 15 is 0 Å². The van der Waals surface area contributed by atoms with Gasteiger partial charge >= 0.3 is 11.4 Å². The maximum Gasteiger partial charge on any atom is 0.334 e. The fraction of sp³-hybridized carbons (Fsp3) is 0. The fourth-order valence-corrected chi connectivity index (χ4v) is 1.66. The van der Waals surface area contributed by atoms with Crippen molar-refractivity contribution in [1.82, 2.24) is 0 Å². The van der Waals surface area contributed by atoms with Crippen LogP contribution >= 0.6 is 0 Å². The number of rotatable bonds is 4. The smallest absolute Gasteiger partial charge is 0.334 e. The first kappa shape index (κ1) is 14.2. The molecule has 0 radical (unpaired) electrons. The zero-order chi connectivity index (χ0) is 15.6. The van der Waals surface area contributed by atoms with Crippen molar-refractivity contribution >= 4 is 17.1 Å². The maximum atomic E-state index is 13.0. The molecular formula is C12H8FN3O5. The van der Waals surface area contributed by atoms with Crippen molar-refractivity contribution in [1.29, 1.82) is 0 Å². The summed E-state index contributed by atoms with van der Waals surface area (Å²) in [6.07, 6.45) is 0. The molecule has 0 atom stereocenters. The number of nitro benzene ring substituents is 2. The van der Waals surface area contributed by atoms with Crippen molar-refractivity contribution < 1.29 is 19.0 Å². The van der Waals surface area contributed by atoms with E-state index in [0.717, 1.165) is 12.1 Å². The number of hydrogen-bond acceptors (Lipinski definition) is 6. The van der Waals surface area contributed by atoms with E-state index in [1.54, 1.807) is 0 Å². The van der Waals surface area contributed by atoms with Gasteiger partial charge in [0.15, 0.2) is 0 Å². The van der Waals surface area contributed by atoms with Crippen molar-refractivity contribution in [2.75, 3.05) is 5.73 Å². The van der Waals surface area contributed by atoms with Gasteiger partial charge in [-0.25, -0.2) is 4.39 Å². The summed E-state index contributed by atoms with van der Waals surface area (Å²) < 4.78 is 18.2. The SMILES string of the molecule is Nc1cccc(Oc2ccc(F)cc2[N+](=O)[O-])c1[N+](=O)[O-]. The summed E-state index contributed by atoms with van der Waals surface area (Å²) in [7, 11) is 0. The van der Waals surface area contributed by atoms with Gasteiger partial charge in [-0.3, -0.25) is 20.2 Å². The van der Waals surface area contributed by atoms with Crippen LogP contribution in [-0.2, 0) is 0 Å². The minimum Gasteiger partial charge on any atom is -0.443 e. The Balaban J connectivity index is 2.51. The summed E-state index contributed by atoms with van der Waals surface area (Å²) in [6.45, 7) is 0. The third-order valence-electron chi connectivity index (χ3n) is 2.55. The van der Waals surface area contributed by atoms with Gasteiger partial charge in [-0.2, -0.15) is 0 Å². The molecule has 0 aliphatic heterocycles. The highest BCUT2D eigenvalue weighted by atomic mass is 19.1. The van der Waals surface area contributed by atoms with Crippen molar-refractivity contribution in [3.05, 3.63) is 62.4 Å². The Hall–Kier alpha value is -3.23. The number of halogens is 1. The highest BCUT2D eigenvalue weighted by molar-refractivity contribution is 5.67. The molecule has 9 heteroatoms. The van der Waals surface area contributed by atoms with Crippen LogP contribution < -0.4 is 10.5 Å². The average Bonchev–Trinajstić information content (AvgIpc) is 2.40. The van der Waals surface area contributed by atoms with Crippen molar-refractivity contribution in [3.63, 3.8) is 0 Å². The van der Waals surface area contributed by atoms with E-state index in [2.05, 4.69) is 0 Å². The molecule has 0 heterocycles. The van der Waals surface area contributed by atoms with Crippen LogP contribution in [0.2, 0.25) is 0 Å². The Morgan fingerprint density at radius 3 is 2.38 bits per heavy atom. The molecule has 0 saturated carbocycles. The molecular weight excluding hydrogens is 285 g/mol. The number of benzene rings is 2. The Morgan fingerprint density at radius 1 is 1.05 bits per heavy atom. The summed E-state index contributed by atoms with van der Waals surface area (Å²) in [4.78, 5) is 20.2. The first-order chi connectivity index (χ1) is 9.90. The topological polar surface area (TPSA) is 122 Å². The first-order valence-electron chi connectivity index (χ1n) is 5.55. The minimum absolute atomic E-state index is 0.151. The number of nitrogens with zero attached hydrogens (tertiary/aromatic N) is 2. The fourth-order valence-electron chi connectivity index (χ4n) is 1.66. The lowest BCUT2D eigenvalue weighted by molar-refractivity contribution is -0.387. The van der Waals surface area contributed by atoms with Crippen molar-refractivity contribution in [2.45, 2.75) is 0 Å². The summed E-state index contributed by atoms with van der Waals surface area (Å²) in [5.74, 6) is -1.42. The molecule has 0 aliphatic carbocycles. The van der Waals surface area contributed by atoms with Crippen LogP contribution in [-0.4, -0.2) is 9.85 Å². The van der Waals surface area contributed by atoms with E-state index in [1.807, 2.05) is 0 Å². The molecule has 0 bridgehead atoms. The van der Waals surface area contributed by atoms with Gasteiger partial charge in [-0.15, -0.1) is 0 Å². The Bertz CT molecular complexity index is 735. The van der Waals surface area contributed by atoms with Gasteiger partial charge in [0.1, 0.15) is 11.5 Å². The summed E-state index contributed by atoms with van der Waals surface area (Å²) in [5.41, 5.74) is 4.17. The average molecular weight is 293 g/mol. The normalized spacial score (nSPS) is 10.1. The number of para-hydroxylation sites is 1. The summed E-state index contributed by atoms with van der Waals surface area (Å²) in [5, 5.41) is 21.8. The van der Waals surface area contributed by atoms with Gasteiger partial charge in [0.25, 0.3) is 0 Å².